The van der Waals surface area contributed by atoms with Crippen LogP contribution in [0.25, 0.3) is 0 Å². The Morgan fingerprint density at radius 3 is 2.71 bits per heavy atom. The minimum Gasteiger partial charge on any atom is -0.467 e. The van der Waals surface area contributed by atoms with E-state index in [0.717, 1.165) is 0 Å². The molecule has 5 heteroatoms. The Kier molecular flexibility index (Phi) is 6.42. The standard InChI is InChI=1S/C12H15NO4/c1-4-7-12(13,11(15)16-3)8-6-10(14)17-9-5-2/h2,7H,1,6,8-9,13H2,3H3. The van der Waals surface area contributed by atoms with Gasteiger partial charge in [-0.05, 0) is 12.5 Å². The van der Waals surface area contributed by atoms with Gasteiger partial charge in [0, 0.05) is 6.42 Å². The van der Waals surface area contributed by atoms with E-state index in [0.29, 0.717) is 0 Å². The molecule has 0 spiro atoms. The molecule has 0 aliphatic carbocycles. The average Bonchev–Trinajstić information content (AvgIpc) is 2.33. The number of nitrogens with two attached hydrogens (primary N) is 1. The van der Waals surface area contributed by atoms with Gasteiger partial charge in [-0.15, -0.1) is 12.2 Å². The molecule has 0 aromatic rings. The van der Waals surface area contributed by atoms with Crippen LogP contribution in [0.1, 0.15) is 12.8 Å². The van der Waals surface area contributed by atoms with Gasteiger partial charge in [0.05, 0.1) is 7.11 Å². The highest BCUT2D eigenvalue weighted by Crippen LogP contribution is 2.14. The Morgan fingerprint density at radius 1 is 1.59 bits per heavy atom. The number of carbonyl (C=O) groups excluding carboxylic acids is 2. The molecule has 0 rings (SSSR count). The largest absolute Gasteiger partial charge is 0.467 e. The number of rotatable bonds is 6. The molecule has 0 heterocycles. The molecular formula is C12H15NO4. The lowest BCUT2D eigenvalue weighted by molar-refractivity contribution is -0.146. The Labute approximate surface area is 100 Å². The van der Waals surface area contributed by atoms with E-state index in [1.807, 2.05) is 0 Å². The number of ether oxygens (including phenoxy) is 2. The maximum absolute atomic E-state index is 11.4. The van der Waals surface area contributed by atoms with Crippen molar-refractivity contribution in [2.24, 2.45) is 5.73 Å². The van der Waals surface area contributed by atoms with Gasteiger partial charge < -0.3 is 15.2 Å². The van der Waals surface area contributed by atoms with E-state index in [1.54, 1.807) is 0 Å². The van der Waals surface area contributed by atoms with E-state index in [1.165, 1.54) is 13.2 Å². The van der Waals surface area contributed by atoms with Crippen LogP contribution < -0.4 is 5.73 Å². The third-order valence-electron chi connectivity index (χ3n) is 1.98. The predicted octanol–water partition coefficient (Wildman–Crippen LogP) is 0.155. The fourth-order valence-corrected chi connectivity index (χ4v) is 1.11. The summed E-state index contributed by atoms with van der Waals surface area (Å²) < 4.78 is 9.18. The number of terminal acetylenes is 1. The first-order valence-electron chi connectivity index (χ1n) is 4.83. The van der Waals surface area contributed by atoms with Crippen molar-refractivity contribution in [1.82, 2.24) is 0 Å². The first-order valence-corrected chi connectivity index (χ1v) is 4.83. The monoisotopic (exact) mass is 237 g/mol. The third kappa shape index (κ3) is 5.03. The van der Waals surface area contributed by atoms with Gasteiger partial charge in [-0.25, -0.2) is 4.79 Å². The van der Waals surface area contributed by atoms with Crippen molar-refractivity contribution in [2.75, 3.05) is 13.7 Å². The second-order valence-corrected chi connectivity index (χ2v) is 3.25. The second-order valence-electron chi connectivity index (χ2n) is 3.25. The quantitative estimate of drug-likeness (QED) is 0.404. The fourth-order valence-electron chi connectivity index (χ4n) is 1.11. The van der Waals surface area contributed by atoms with Gasteiger partial charge in [0.25, 0.3) is 0 Å². The Bertz CT molecular complexity index is 376. The Hall–Kier alpha value is -2.02. The summed E-state index contributed by atoms with van der Waals surface area (Å²) in [5.74, 6) is 0.962. The first-order chi connectivity index (χ1) is 8.00. The normalized spacial score (nSPS) is 12.5. The molecule has 0 aliphatic heterocycles. The molecule has 0 saturated heterocycles. The van der Waals surface area contributed by atoms with Crippen LogP contribution in [0.2, 0.25) is 0 Å². The molecular weight excluding hydrogens is 222 g/mol. The van der Waals surface area contributed by atoms with Crippen molar-refractivity contribution in [2.45, 2.75) is 18.4 Å². The van der Waals surface area contributed by atoms with Gasteiger partial charge in [-0.3, -0.25) is 4.79 Å². The molecule has 2 N–H and O–H groups in total. The summed E-state index contributed by atoms with van der Waals surface area (Å²) in [6.45, 7) is 3.22. The smallest absolute Gasteiger partial charge is 0.330 e. The lowest BCUT2D eigenvalue weighted by Crippen LogP contribution is -2.47. The molecule has 0 amide bonds. The maximum atomic E-state index is 11.4. The Morgan fingerprint density at radius 2 is 2.24 bits per heavy atom. The van der Waals surface area contributed by atoms with Crippen LogP contribution in [0.15, 0.2) is 18.4 Å². The van der Waals surface area contributed by atoms with E-state index in [-0.39, 0.29) is 19.4 Å². The van der Waals surface area contributed by atoms with E-state index < -0.39 is 17.5 Å². The van der Waals surface area contributed by atoms with E-state index in [4.69, 9.17) is 12.2 Å². The van der Waals surface area contributed by atoms with Crippen LogP contribution in [0.3, 0.4) is 0 Å². The maximum Gasteiger partial charge on any atom is 0.330 e. The van der Waals surface area contributed by atoms with Gasteiger partial charge in [-0.1, -0.05) is 12.5 Å². The lowest BCUT2D eigenvalue weighted by Gasteiger charge is -2.21. The topological polar surface area (TPSA) is 78.6 Å². The number of esters is 2. The molecule has 1 atom stereocenters. The summed E-state index contributed by atoms with van der Waals surface area (Å²) >= 11 is 0. The molecule has 0 bridgehead atoms. The summed E-state index contributed by atoms with van der Waals surface area (Å²) in [5.41, 5.74) is 6.74. The van der Waals surface area contributed by atoms with Crippen LogP contribution in [0, 0.1) is 12.3 Å². The molecule has 0 aliphatic rings. The van der Waals surface area contributed by atoms with Gasteiger partial charge in [-0.2, -0.15) is 0 Å². The highest BCUT2D eigenvalue weighted by atomic mass is 16.5. The highest BCUT2D eigenvalue weighted by molar-refractivity contribution is 5.83. The van der Waals surface area contributed by atoms with Crippen LogP contribution in [0.4, 0.5) is 0 Å². The van der Waals surface area contributed by atoms with E-state index >= 15 is 0 Å². The summed E-state index contributed by atoms with van der Waals surface area (Å²) in [5, 5.41) is 0. The van der Waals surface area contributed by atoms with Gasteiger partial charge in [0.1, 0.15) is 5.54 Å². The SMILES string of the molecule is C#CCOC(=O)CCC(N)(C=C=C)C(=O)OC. The molecule has 0 radical (unpaired) electrons. The summed E-state index contributed by atoms with van der Waals surface area (Å²) in [6, 6.07) is 0. The zero-order valence-electron chi connectivity index (χ0n) is 9.69. The number of hydrogen-bond acceptors (Lipinski definition) is 5. The molecule has 17 heavy (non-hydrogen) atoms. The number of methoxy groups -OCH3 is 1. The van der Waals surface area contributed by atoms with E-state index in [9.17, 15) is 9.59 Å². The van der Waals surface area contributed by atoms with Crippen molar-refractivity contribution in [1.29, 1.82) is 0 Å². The molecule has 92 valence electrons. The van der Waals surface area contributed by atoms with Crippen molar-refractivity contribution in [3.63, 3.8) is 0 Å². The van der Waals surface area contributed by atoms with Crippen molar-refractivity contribution in [3.05, 3.63) is 18.4 Å². The second kappa shape index (κ2) is 7.29. The molecule has 0 fully saturated rings. The van der Waals surface area contributed by atoms with Crippen LogP contribution in [-0.4, -0.2) is 31.2 Å². The predicted molar refractivity (Wildman–Crippen MR) is 61.7 cm³/mol. The van der Waals surface area contributed by atoms with Gasteiger partial charge in [0.15, 0.2) is 6.61 Å². The minimum atomic E-state index is -1.42. The molecule has 0 aromatic carbocycles. The molecule has 1 unspecified atom stereocenters. The van der Waals surface area contributed by atoms with Crippen LogP contribution >= 0.6 is 0 Å². The molecule has 0 aromatic heterocycles. The highest BCUT2D eigenvalue weighted by Gasteiger charge is 2.33. The zero-order valence-corrected chi connectivity index (χ0v) is 9.69. The summed E-state index contributed by atoms with van der Waals surface area (Å²) in [4.78, 5) is 22.6. The molecule has 0 saturated carbocycles. The first kappa shape index (κ1) is 15.0. The zero-order chi connectivity index (χ0) is 13.3. The fraction of sp³-hybridized carbons (Fsp3) is 0.417. The van der Waals surface area contributed by atoms with Crippen LogP contribution in [-0.2, 0) is 19.1 Å². The third-order valence-corrected chi connectivity index (χ3v) is 1.98. The lowest BCUT2D eigenvalue weighted by atomic mass is 9.94. The molecule has 5 nitrogen and oxygen atoms in total. The minimum absolute atomic E-state index is 0.0333. The summed E-state index contributed by atoms with van der Waals surface area (Å²) in [6.07, 6.45) is 6.17. The van der Waals surface area contributed by atoms with Gasteiger partial charge in [0.2, 0.25) is 0 Å². The van der Waals surface area contributed by atoms with Crippen LogP contribution in [0.5, 0.6) is 0 Å². The van der Waals surface area contributed by atoms with Crippen molar-refractivity contribution in [3.8, 4) is 12.3 Å². The number of carbonyl (C=O) groups is 2. The van der Waals surface area contributed by atoms with Crippen molar-refractivity contribution < 1.29 is 19.1 Å². The average molecular weight is 237 g/mol. The van der Waals surface area contributed by atoms with E-state index in [2.05, 4.69) is 27.7 Å². The summed E-state index contributed by atoms with van der Waals surface area (Å²) in [7, 11) is 1.21. The Balaban J connectivity index is 4.48. The number of hydrogen-bond donors (Lipinski definition) is 1. The van der Waals surface area contributed by atoms with Gasteiger partial charge >= 0.3 is 11.9 Å². The van der Waals surface area contributed by atoms with Crippen molar-refractivity contribution >= 4 is 11.9 Å².